The lowest BCUT2D eigenvalue weighted by Gasteiger charge is -2.37. The van der Waals surface area contributed by atoms with Gasteiger partial charge < -0.3 is 51.2 Å². The molecule has 1 aliphatic carbocycles. The molecule has 20 heteroatoms. The Balaban J connectivity index is 1.28. The molecule has 1 unspecified atom stereocenters. The third kappa shape index (κ3) is 23.3. The first kappa shape index (κ1) is 77.9. The number of rotatable bonds is 35. The minimum Gasteiger partial charge on any atom is -0.480 e. The predicted octanol–water partition coefficient (Wildman–Crippen LogP) is 10.1. The van der Waals surface area contributed by atoms with Gasteiger partial charge in [0.15, 0.2) is 17.3 Å². The molecule has 20 nitrogen and oxygen atoms in total. The molecule has 4 aromatic rings. The van der Waals surface area contributed by atoms with Crippen LogP contribution in [0.3, 0.4) is 0 Å². The van der Waals surface area contributed by atoms with Gasteiger partial charge in [-0.05, 0) is 139 Å². The van der Waals surface area contributed by atoms with Crippen LogP contribution in [0.4, 0.5) is 4.79 Å². The van der Waals surface area contributed by atoms with Gasteiger partial charge in [0.05, 0.1) is 42.4 Å². The lowest BCUT2D eigenvalue weighted by atomic mass is 9.76. The largest absolute Gasteiger partial charge is 0.480 e. The van der Waals surface area contributed by atoms with Gasteiger partial charge in [0.25, 0.3) is 0 Å². The minimum absolute atomic E-state index is 0.00764. The SMILES string of the molecule is CC[C@H](CC(=O)[C@@H](NC(=O)C(CC1CCC(O)CC1)NC(=O)OC(C)(C)C)[C@@H](C)CC)C(=O)N[C@H](C(=O)C[C@@H](CCC(=O)NC(c1ccccc1)(c1ccccc1)c1ccccc1)C(=O)N1CCC[C@H]1C(=O)C[C@@H](COC(C)(C)C)C(=O)N[C@@H](Cc1ccccc1)C(=O)O)C(C)C. The van der Waals surface area contributed by atoms with Crippen LogP contribution in [-0.4, -0.2) is 135 Å². The monoisotopic (exact) mass is 1340 g/mol. The minimum atomic E-state index is -1.33. The Labute approximate surface area is 573 Å². The third-order valence-corrected chi connectivity index (χ3v) is 18.7. The zero-order chi connectivity index (χ0) is 71.2. The average molecular weight is 1340 g/mol. The van der Waals surface area contributed by atoms with E-state index >= 15 is 9.59 Å². The summed E-state index contributed by atoms with van der Waals surface area (Å²) < 4.78 is 11.6. The first-order valence-corrected chi connectivity index (χ1v) is 34.8. The first-order chi connectivity index (χ1) is 45.9. The number of carboxylic acids is 1. The Morgan fingerprint density at radius 1 is 0.577 bits per heavy atom. The number of nitrogens with one attached hydrogen (secondary N) is 5. The van der Waals surface area contributed by atoms with Crippen molar-refractivity contribution in [2.24, 2.45) is 35.5 Å². The van der Waals surface area contributed by atoms with Crippen LogP contribution in [0, 0.1) is 35.5 Å². The molecule has 6 amide bonds. The van der Waals surface area contributed by atoms with Gasteiger partial charge in [-0.15, -0.1) is 0 Å². The number of ketones is 3. The maximum Gasteiger partial charge on any atom is 0.408 e. The lowest BCUT2D eigenvalue weighted by molar-refractivity contribution is -0.146. The Morgan fingerprint density at radius 2 is 1.09 bits per heavy atom. The number of benzene rings is 4. The van der Waals surface area contributed by atoms with Gasteiger partial charge >= 0.3 is 12.1 Å². The molecule has 1 saturated carbocycles. The number of likely N-dealkylation sites (tertiary alicyclic amines) is 1. The number of carboxylic acid groups (broad SMARTS) is 1. The van der Waals surface area contributed by atoms with E-state index in [2.05, 4.69) is 26.6 Å². The van der Waals surface area contributed by atoms with Gasteiger partial charge in [0.1, 0.15) is 23.2 Å². The molecule has 1 saturated heterocycles. The number of ether oxygens (including phenoxy) is 2. The number of amides is 6. The summed E-state index contributed by atoms with van der Waals surface area (Å²) in [5.74, 6) is -9.91. The number of carbonyl (C=O) groups excluding carboxylic acids is 9. The van der Waals surface area contributed by atoms with Crippen molar-refractivity contribution in [1.82, 2.24) is 31.5 Å². The number of carbonyl (C=O) groups is 10. The molecule has 97 heavy (non-hydrogen) atoms. The topological polar surface area (TPSA) is 293 Å². The van der Waals surface area contributed by atoms with Gasteiger partial charge in [0.2, 0.25) is 29.5 Å². The van der Waals surface area contributed by atoms with Crippen molar-refractivity contribution in [3.63, 3.8) is 0 Å². The van der Waals surface area contributed by atoms with E-state index in [0.29, 0.717) is 44.1 Å². The van der Waals surface area contributed by atoms with Gasteiger partial charge in [-0.25, -0.2) is 9.59 Å². The van der Waals surface area contributed by atoms with E-state index in [1.807, 2.05) is 105 Å². The molecule has 2 aliphatic rings. The summed E-state index contributed by atoms with van der Waals surface area (Å²) in [4.78, 5) is 145. The van der Waals surface area contributed by atoms with Crippen LogP contribution in [0.5, 0.6) is 0 Å². The number of aliphatic hydroxyl groups excluding tert-OH is 1. The molecule has 4 aromatic carbocycles. The molecule has 7 N–H and O–H groups in total. The number of Topliss-reactive ketones (excluding diaryl/α,β-unsaturated/α-hetero) is 3. The van der Waals surface area contributed by atoms with Crippen LogP contribution >= 0.6 is 0 Å². The molecular formula is C77H106N6O14. The second kappa shape index (κ2) is 36.5. The second-order valence-corrected chi connectivity index (χ2v) is 28.9. The van der Waals surface area contributed by atoms with E-state index in [0.717, 1.165) is 16.7 Å². The van der Waals surface area contributed by atoms with E-state index in [9.17, 15) is 48.6 Å². The summed E-state index contributed by atoms with van der Waals surface area (Å²) in [5.41, 5.74) is 0.112. The Hall–Kier alpha value is -8.10. The van der Waals surface area contributed by atoms with Crippen molar-refractivity contribution in [3.8, 4) is 0 Å². The highest BCUT2D eigenvalue weighted by atomic mass is 16.6. The van der Waals surface area contributed by atoms with E-state index < -0.39 is 154 Å². The fourth-order valence-electron chi connectivity index (χ4n) is 13.0. The Morgan fingerprint density at radius 3 is 1.60 bits per heavy atom. The molecule has 0 radical (unpaired) electrons. The second-order valence-electron chi connectivity index (χ2n) is 28.9. The summed E-state index contributed by atoms with van der Waals surface area (Å²) in [6.07, 6.45) is 1.03. The van der Waals surface area contributed by atoms with Crippen molar-refractivity contribution < 1.29 is 67.6 Å². The van der Waals surface area contributed by atoms with Gasteiger partial charge in [0, 0.05) is 50.5 Å². The van der Waals surface area contributed by atoms with Crippen LogP contribution in [0.15, 0.2) is 121 Å². The van der Waals surface area contributed by atoms with Crippen molar-refractivity contribution in [2.75, 3.05) is 13.2 Å². The molecule has 0 bridgehead atoms. The summed E-state index contributed by atoms with van der Waals surface area (Å²) >= 11 is 0. The molecule has 528 valence electrons. The molecule has 1 aliphatic heterocycles. The van der Waals surface area contributed by atoms with Crippen molar-refractivity contribution in [3.05, 3.63) is 144 Å². The molecule has 2 fully saturated rings. The number of hydrogen-bond acceptors (Lipinski definition) is 13. The maximum atomic E-state index is 15.5. The highest BCUT2D eigenvalue weighted by molar-refractivity contribution is 5.98. The van der Waals surface area contributed by atoms with E-state index in [-0.39, 0.29) is 64.0 Å². The van der Waals surface area contributed by atoms with Crippen molar-refractivity contribution in [1.29, 1.82) is 0 Å². The highest BCUT2D eigenvalue weighted by Crippen LogP contribution is 2.38. The van der Waals surface area contributed by atoms with Crippen molar-refractivity contribution in [2.45, 2.75) is 226 Å². The number of alkyl carbamates (subject to hydrolysis) is 1. The van der Waals surface area contributed by atoms with E-state index in [4.69, 9.17) is 9.47 Å². The number of hydrogen-bond donors (Lipinski definition) is 7. The van der Waals surface area contributed by atoms with Crippen molar-refractivity contribution >= 4 is 58.9 Å². The van der Waals surface area contributed by atoms with Crippen LogP contribution in [0.25, 0.3) is 0 Å². The molecule has 0 spiro atoms. The fourth-order valence-corrected chi connectivity index (χ4v) is 13.0. The fraction of sp³-hybridized carbons (Fsp3) is 0.558. The number of aliphatic hydroxyl groups is 1. The average Bonchev–Trinajstić information content (AvgIpc) is 1.01. The van der Waals surface area contributed by atoms with Crippen LogP contribution in [0.1, 0.15) is 188 Å². The Kier molecular flexibility index (Phi) is 29.3. The summed E-state index contributed by atoms with van der Waals surface area (Å²) in [5, 5.41) is 35.0. The van der Waals surface area contributed by atoms with E-state index in [1.165, 1.54) is 4.90 Å². The predicted molar refractivity (Wildman–Crippen MR) is 370 cm³/mol. The number of aliphatic carboxylic acids is 1. The quantitative estimate of drug-likeness (QED) is 0.0211. The zero-order valence-corrected chi connectivity index (χ0v) is 58.7. The molecule has 6 rings (SSSR count). The first-order valence-electron chi connectivity index (χ1n) is 34.8. The Bertz CT molecular complexity index is 3160. The summed E-state index contributed by atoms with van der Waals surface area (Å²) in [6, 6.07) is 31.6. The van der Waals surface area contributed by atoms with Gasteiger partial charge in [-0.2, -0.15) is 0 Å². The smallest absolute Gasteiger partial charge is 0.408 e. The maximum absolute atomic E-state index is 15.5. The lowest BCUT2D eigenvalue weighted by Crippen LogP contribution is -2.55. The zero-order valence-electron chi connectivity index (χ0n) is 58.7. The number of nitrogens with zero attached hydrogens (tertiary/aromatic N) is 1. The highest BCUT2D eigenvalue weighted by Gasteiger charge is 2.43. The third-order valence-electron chi connectivity index (χ3n) is 18.7. The molecule has 1 heterocycles. The van der Waals surface area contributed by atoms with Crippen LogP contribution in [0.2, 0.25) is 0 Å². The normalized spacial score (nSPS) is 18.4. The van der Waals surface area contributed by atoms with E-state index in [1.54, 1.807) is 92.6 Å². The summed E-state index contributed by atoms with van der Waals surface area (Å²) in [6.45, 7) is 19.3. The standard InChI is InChI=1S/C77H106N6O14/c1-12-50(5)68(81-71(91)60(79-74(95)97-76(9,10)11)43-52-36-39-59(84)40-37-52)65(87)45-53(13-2)69(89)80-67(49(3)4)64(86)46-54(38-41-66(88)82-77(56-29-20-15-21-30-56,57-31-22-16-23-32-57)58-33-24-17-25-34-58)72(92)83-42-26-35-62(83)63(85)47-55(48-96-75(6,7)8)70(90)78-61(73(93)94)44-51-27-18-14-19-28-51/h14-25,27-34,49-50,52-55,59-62,67-68,84H,12-13,26,35-48H2,1-11H3,(H,78,90)(H,79,95)(H,80,89)(H,81,91)(H,82,88)(H,93,94)/t50-,52?,53+,54+,55-,59?,60?,61-,62-,67-,68-/m0/s1. The van der Waals surface area contributed by atoms with Gasteiger partial charge in [-0.3, -0.25) is 38.4 Å². The summed E-state index contributed by atoms with van der Waals surface area (Å²) in [7, 11) is 0. The van der Waals surface area contributed by atoms with Crippen LogP contribution < -0.4 is 26.6 Å². The van der Waals surface area contributed by atoms with Gasteiger partial charge in [-0.1, -0.05) is 162 Å². The van der Waals surface area contributed by atoms with Crippen LogP contribution in [-0.2, 0) is 64.6 Å². The molecule has 0 aromatic heterocycles. The molecule has 9 atom stereocenters. The molecular weight excluding hydrogens is 1230 g/mol.